The molecule has 1 aromatic rings. The summed E-state index contributed by atoms with van der Waals surface area (Å²) in [4.78, 5) is 21.3. The molecule has 6 nitrogen and oxygen atoms in total. The highest BCUT2D eigenvalue weighted by atomic mass is 16.1. The van der Waals surface area contributed by atoms with Crippen molar-refractivity contribution >= 4 is 18.1 Å². The predicted octanol–water partition coefficient (Wildman–Crippen LogP) is -0.0227. The number of likely N-dealkylation sites (N-methyl/N-ethyl adjacent to an activating group) is 1. The van der Waals surface area contributed by atoms with Crippen LogP contribution in [0.15, 0.2) is 11.3 Å². The Morgan fingerprint density at radius 3 is 3.07 bits per heavy atom. The average Bonchev–Trinajstić information content (AvgIpc) is 2.52. The zero-order valence-electron chi connectivity index (χ0n) is 8.55. The smallest absolute Gasteiger partial charge is 0.271 e. The van der Waals surface area contributed by atoms with Gasteiger partial charge in [0.1, 0.15) is 0 Å². The largest absolute Gasteiger partial charge is 0.364 e. The summed E-state index contributed by atoms with van der Waals surface area (Å²) in [5, 5.41) is 0. The zero-order chi connectivity index (χ0) is 10.8. The quantitative estimate of drug-likeness (QED) is 0.740. The Hall–Kier alpha value is -1.85. The fourth-order valence-electron chi connectivity index (χ4n) is 1.52. The lowest BCUT2D eigenvalue weighted by molar-refractivity contribution is 0.0996. The second kappa shape index (κ2) is 3.72. The van der Waals surface area contributed by atoms with Gasteiger partial charge in [-0.1, -0.05) is 0 Å². The number of carbonyl (C=O) groups excluding carboxylic acids is 1. The molecule has 1 aliphatic heterocycles. The molecular formula is C9H13N5O. The van der Waals surface area contributed by atoms with Crippen LogP contribution in [-0.4, -0.2) is 39.8 Å². The normalized spacial score (nSPS) is 14.9. The molecular weight excluding hydrogens is 194 g/mol. The van der Waals surface area contributed by atoms with Gasteiger partial charge in [-0.25, -0.2) is 9.98 Å². The van der Waals surface area contributed by atoms with Crippen LogP contribution in [0.5, 0.6) is 0 Å². The summed E-state index contributed by atoms with van der Waals surface area (Å²) in [5.41, 5.74) is 5.44. The van der Waals surface area contributed by atoms with E-state index in [0.717, 1.165) is 19.6 Å². The maximum Gasteiger partial charge on any atom is 0.271 e. The number of rotatable bonds is 2. The second-order valence-electron chi connectivity index (χ2n) is 3.35. The van der Waals surface area contributed by atoms with E-state index in [1.807, 2.05) is 4.57 Å². The summed E-state index contributed by atoms with van der Waals surface area (Å²) >= 11 is 0. The molecule has 0 atom stereocenters. The highest BCUT2D eigenvalue weighted by molar-refractivity contribution is 5.95. The van der Waals surface area contributed by atoms with Crippen LogP contribution in [0, 0.1) is 0 Å². The topological polar surface area (TPSA) is 76.5 Å². The number of carbonyl (C=O) groups is 1. The first kappa shape index (κ1) is 9.70. The van der Waals surface area contributed by atoms with E-state index in [1.165, 1.54) is 0 Å². The molecule has 0 aliphatic carbocycles. The molecule has 2 heterocycles. The van der Waals surface area contributed by atoms with Crippen molar-refractivity contribution in [2.24, 2.45) is 10.7 Å². The van der Waals surface area contributed by atoms with Gasteiger partial charge in [-0.2, -0.15) is 0 Å². The molecule has 0 aromatic carbocycles. The van der Waals surface area contributed by atoms with Gasteiger partial charge in [0.05, 0.1) is 12.7 Å². The predicted molar refractivity (Wildman–Crippen MR) is 56.1 cm³/mol. The zero-order valence-corrected chi connectivity index (χ0v) is 8.55. The Morgan fingerprint density at radius 1 is 1.60 bits per heavy atom. The van der Waals surface area contributed by atoms with E-state index < -0.39 is 5.91 Å². The monoisotopic (exact) mass is 207 g/mol. The Balaban J connectivity index is 2.37. The average molecular weight is 207 g/mol. The lowest BCUT2D eigenvalue weighted by Gasteiger charge is -2.13. The van der Waals surface area contributed by atoms with Crippen LogP contribution in [0.3, 0.4) is 0 Å². The Labute approximate surface area is 87.4 Å². The molecule has 0 radical (unpaired) electrons. The van der Waals surface area contributed by atoms with Crippen LogP contribution in [0.1, 0.15) is 17.4 Å². The molecule has 15 heavy (non-hydrogen) atoms. The minimum absolute atomic E-state index is 0.240. The van der Waals surface area contributed by atoms with Crippen molar-refractivity contribution in [3.8, 4) is 0 Å². The van der Waals surface area contributed by atoms with E-state index in [9.17, 15) is 4.79 Å². The van der Waals surface area contributed by atoms with E-state index in [0.29, 0.717) is 5.82 Å². The molecule has 0 unspecified atom stereocenters. The Bertz CT molecular complexity index is 409. The van der Waals surface area contributed by atoms with E-state index in [2.05, 4.69) is 21.8 Å². The maximum absolute atomic E-state index is 11.1. The SMILES string of the molecule is CCN1C=Nc2c(C(N)=O)ncn2CC1. The first-order valence-corrected chi connectivity index (χ1v) is 4.85. The van der Waals surface area contributed by atoms with Crippen LogP contribution in [0.25, 0.3) is 0 Å². The summed E-state index contributed by atoms with van der Waals surface area (Å²) in [6.45, 7) is 4.58. The van der Waals surface area contributed by atoms with Crippen LogP contribution >= 0.6 is 0 Å². The first-order valence-electron chi connectivity index (χ1n) is 4.85. The molecule has 6 heteroatoms. The van der Waals surface area contributed by atoms with Crippen molar-refractivity contribution in [2.45, 2.75) is 13.5 Å². The van der Waals surface area contributed by atoms with Gasteiger partial charge < -0.3 is 15.2 Å². The van der Waals surface area contributed by atoms with Gasteiger partial charge in [-0.05, 0) is 6.92 Å². The minimum atomic E-state index is -0.536. The van der Waals surface area contributed by atoms with Crippen LogP contribution in [0.4, 0.5) is 5.82 Å². The molecule has 80 valence electrons. The van der Waals surface area contributed by atoms with Gasteiger partial charge in [-0.15, -0.1) is 0 Å². The van der Waals surface area contributed by atoms with Crippen LogP contribution in [0.2, 0.25) is 0 Å². The summed E-state index contributed by atoms with van der Waals surface area (Å²) in [5.74, 6) is 0.0179. The van der Waals surface area contributed by atoms with Gasteiger partial charge in [0.2, 0.25) is 0 Å². The lowest BCUT2D eigenvalue weighted by Crippen LogP contribution is -2.23. The van der Waals surface area contributed by atoms with Crippen molar-refractivity contribution in [2.75, 3.05) is 13.1 Å². The Morgan fingerprint density at radius 2 is 2.40 bits per heavy atom. The standard InChI is InChI=1S/C9H13N5O/c1-2-13-3-4-14-6-11-7(8(10)15)9(14)12-5-13/h5-6H,2-4H2,1H3,(H2,10,15). The molecule has 0 saturated heterocycles. The molecule has 1 aromatic heterocycles. The van der Waals surface area contributed by atoms with E-state index in [-0.39, 0.29) is 5.69 Å². The van der Waals surface area contributed by atoms with E-state index in [1.54, 1.807) is 12.7 Å². The number of hydrogen-bond donors (Lipinski definition) is 1. The van der Waals surface area contributed by atoms with Crippen molar-refractivity contribution < 1.29 is 4.79 Å². The number of nitrogens with zero attached hydrogens (tertiary/aromatic N) is 4. The molecule has 0 bridgehead atoms. The fraction of sp³-hybridized carbons (Fsp3) is 0.444. The number of hydrogen-bond acceptors (Lipinski definition) is 4. The molecule has 2 N–H and O–H groups in total. The molecule has 1 amide bonds. The third-order valence-corrected chi connectivity index (χ3v) is 2.42. The highest BCUT2D eigenvalue weighted by Gasteiger charge is 2.16. The number of fused-ring (bicyclic) bond motifs is 1. The molecule has 0 spiro atoms. The molecule has 0 fully saturated rings. The molecule has 2 rings (SSSR count). The summed E-state index contributed by atoms with van der Waals surface area (Å²) in [7, 11) is 0. The van der Waals surface area contributed by atoms with Crippen LogP contribution < -0.4 is 5.73 Å². The number of aliphatic imine (C=N–C) groups is 1. The van der Waals surface area contributed by atoms with Gasteiger partial charge in [0.15, 0.2) is 11.5 Å². The summed E-state index contributed by atoms with van der Waals surface area (Å²) < 4.78 is 1.84. The third kappa shape index (κ3) is 1.70. The number of nitrogens with two attached hydrogens (primary N) is 1. The van der Waals surface area contributed by atoms with Crippen molar-refractivity contribution in [3.63, 3.8) is 0 Å². The lowest BCUT2D eigenvalue weighted by atomic mass is 10.4. The highest BCUT2D eigenvalue weighted by Crippen LogP contribution is 2.19. The van der Waals surface area contributed by atoms with Crippen molar-refractivity contribution in [1.29, 1.82) is 0 Å². The van der Waals surface area contributed by atoms with Crippen LogP contribution in [-0.2, 0) is 6.54 Å². The summed E-state index contributed by atoms with van der Waals surface area (Å²) in [6.07, 6.45) is 3.33. The van der Waals surface area contributed by atoms with Gasteiger partial charge >= 0.3 is 0 Å². The number of aromatic nitrogens is 2. The van der Waals surface area contributed by atoms with Crippen molar-refractivity contribution in [3.05, 3.63) is 12.0 Å². The number of amides is 1. The van der Waals surface area contributed by atoms with Gasteiger partial charge in [0.25, 0.3) is 5.91 Å². The van der Waals surface area contributed by atoms with Gasteiger partial charge in [0, 0.05) is 19.6 Å². The van der Waals surface area contributed by atoms with E-state index in [4.69, 9.17) is 5.73 Å². The maximum atomic E-state index is 11.1. The van der Waals surface area contributed by atoms with Crippen molar-refractivity contribution in [1.82, 2.24) is 14.5 Å². The van der Waals surface area contributed by atoms with Gasteiger partial charge in [-0.3, -0.25) is 4.79 Å². The minimum Gasteiger partial charge on any atom is -0.364 e. The number of primary amides is 1. The number of imidazole rings is 1. The first-order chi connectivity index (χ1) is 7.22. The fourth-order valence-corrected chi connectivity index (χ4v) is 1.52. The molecule has 1 aliphatic rings. The second-order valence-corrected chi connectivity index (χ2v) is 3.35. The third-order valence-electron chi connectivity index (χ3n) is 2.42. The van der Waals surface area contributed by atoms with E-state index >= 15 is 0 Å². The summed E-state index contributed by atoms with van der Waals surface area (Å²) in [6, 6.07) is 0. The molecule has 0 saturated carbocycles. The Kier molecular flexibility index (Phi) is 2.40.